The predicted molar refractivity (Wildman–Crippen MR) is 99.1 cm³/mol. The molecule has 0 spiro atoms. The molecule has 3 heteroatoms. The van der Waals surface area contributed by atoms with E-state index in [0.717, 1.165) is 17.0 Å². The Morgan fingerprint density at radius 2 is 1.70 bits per heavy atom. The highest BCUT2D eigenvalue weighted by Gasteiger charge is 2.05. The topological polar surface area (TPSA) is 29.1 Å². The SMILES string of the molecule is CCSc1ccc(NC(=O)Cc2ccc3ccccc3c2)cc1. The number of thioether (sulfide) groups is 1. The number of rotatable bonds is 5. The Labute approximate surface area is 140 Å². The van der Waals surface area contributed by atoms with Crippen LogP contribution in [0.5, 0.6) is 0 Å². The number of benzene rings is 3. The lowest BCUT2D eigenvalue weighted by atomic mass is 10.0. The number of hydrogen-bond acceptors (Lipinski definition) is 2. The summed E-state index contributed by atoms with van der Waals surface area (Å²) in [7, 11) is 0. The van der Waals surface area contributed by atoms with Crippen LogP contribution in [0.4, 0.5) is 5.69 Å². The molecule has 3 aromatic rings. The van der Waals surface area contributed by atoms with E-state index >= 15 is 0 Å². The summed E-state index contributed by atoms with van der Waals surface area (Å²) >= 11 is 1.79. The van der Waals surface area contributed by atoms with Gasteiger partial charge in [0.2, 0.25) is 5.91 Å². The van der Waals surface area contributed by atoms with Gasteiger partial charge < -0.3 is 5.32 Å². The Bertz CT molecular complexity index is 811. The summed E-state index contributed by atoms with van der Waals surface area (Å²) in [5.41, 5.74) is 1.87. The zero-order chi connectivity index (χ0) is 16.1. The molecular formula is C20H19NOS. The zero-order valence-corrected chi connectivity index (χ0v) is 13.9. The van der Waals surface area contributed by atoms with Gasteiger partial charge in [0.15, 0.2) is 0 Å². The number of fused-ring (bicyclic) bond motifs is 1. The van der Waals surface area contributed by atoms with Crippen LogP contribution in [0, 0.1) is 0 Å². The van der Waals surface area contributed by atoms with Gasteiger partial charge in [0.1, 0.15) is 0 Å². The summed E-state index contributed by atoms with van der Waals surface area (Å²) in [4.78, 5) is 13.4. The molecule has 2 nitrogen and oxygen atoms in total. The first-order chi connectivity index (χ1) is 11.2. The molecule has 1 N–H and O–H groups in total. The Kier molecular flexibility index (Phi) is 4.99. The minimum Gasteiger partial charge on any atom is -0.326 e. The number of carbonyl (C=O) groups excluding carboxylic acids is 1. The second kappa shape index (κ2) is 7.34. The maximum atomic E-state index is 12.2. The fraction of sp³-hybridized carbons (Fsp3) is 0.150. The average Bonchev–Trinajstić information content (AvgIpc) is 2.57. The van der Waals surface area contributed by atoms with Gasteiger partial charge in [0, 0.05) is 10.6 Å². The van der Waals surface area contributed by atoms with Gasteiger partial charge in [-0.2, -0.15) is 0 Å². The standard InChI is InChI=1S/C20H19NOS/c1-2-23-19-11-9-18(10-12-19)21-20(22)14-15-7-8-16-5-3-4-6-17(16)13-15/h3-13H,2,14H2,1H3,(H,21,22). The molecule has 0 unspecified atom stereocenters. The minimum absolute atomic E-state index is 0.0103. The highest BCUT2D eigenvalue weighted by atomic mass is 32.2. The van der Waals surface area contributed by atoms with Gasteiger partial charge in [-0.3, -0.25) is 4.79 Å². The second-order valence-electron chi connectivity index (χ2n) is 5.36. The van der Waals surface area contributed by atoms with Crippen LogP contribution >= 0.6 is 11.8 Å². The van der Waals surface area contributed by atoms with Gasteiger partial charge in [-0.25, -0.2) is 0 Å². The molecule has 0 bridgehead atoms. The predicted octanol–water partition coefficient (Wildman–Crippen LogP) is 5.13. The van der Waals surface area contributed by atoms with E-state index in [1.165, 1.54) is 15.7 Å². The summed E-state index contributed by atoms with van der Waals surface area (Å²) in [6.07, 6.45) is 0.385. The lowest BCUT2D eigenvalue weighted by molar-refractivity contribution is -0.115. The third-order valence-electron chi connectivity index (χ3n) is 3.63. The Hall–Kier alpha value is -2.26. The molecule has 0 saturated heterocycles. The molecular weight excluding hydrogens is 302 g/mol. The van der Waals surface area contributed by atoms with Crippen molar-refractivity contribution >= 4 is 34.1 Å². The fourth-order valence-electron chi connectivity index (χ4n) is 2.54. The van der Waals surface area contributed by atoms with Gasteiger partial charge in [0.05, 0.1) is 6.42 Å². The van der Waals surface area contributed by atoms with Gasteiger partial charge in [-0.05, 0) is 46.4 Å². The molecule has 0 aliphatic rings. The third kappa shape index (κ3) is 4.14. The van der Waals surface area contributed by atoms with E-state index < -0.39 is 0 Å². The maximum Gasteiger partial charge on any atom is 0.228 e. The average molecular weight is 321 g/mol. The van der Waals surface area contributed by atoms with Crippen molar-refractivity contribution in [2.45, 2.75) is 18.2 Å². The summed E-state index contributed by atoms with van der Waals surface area (Å²) in [6.45, 7) is 2.13. The Morgan fingerprint density at radius 3 is 2.43 bits per heavy atom. The Morgan fingerprint density at radius 1 is 0.957 bits per heavy atom. The fourth-order valence-corrected chi connectivity index (χ4v) is 3.20. The van der Waals surface area contributed by atoms with E-state index in [2.05, 4.69) is 36.5 Å². The van der Waals surface area contributed by atoms with Crippen LogP contribution in [-0.4, -0.2) is 11.7 Å². The molecule has 23 heavy (non-hydrogen) atoms. The molecule has 0 fully saturated rings. The lowest BCUT2D eigenvalue weighted by Gasteiger charge is -2.07. The van der Waals surface area contributed by atoms with Crippen molar-refractivity contribution in [1.82, 2.24) is 0 Å². The molecule has 0 radical (unpaired) electrons. The molecule has 0 aromatic heterocycles. The number of amides is 1. The van der Waals surface area contributed by atoms with Crippen LogP contribution in [-0.2, 0) is 11.2 Å². The smallest absolute Gasteiger partial charge is 0.228 e. The van der Waals surface area contributed by atoms with Gasteiger partial charge in [-0.15, -0.1) is 11.8 Å². The highest BCUT2D eigenvalue weighted by molar-refractivity contribution is 7.99. The normalized spacial score (nSPS) is 10.7. The summed E-state index contributed by atoms with van der Waals surface area (Å²) < 4.78 is 0. The van der Waals surface area contributed by atoms with Crippen LogP contribution in [0.3, 0.4) is 0 Å². The third-order valence-corrected chi connectivity index (χ3v) is 4.52. The van der Waals surface area contributed by atoms with E-state index in [0.29, 0.717) is 6.42 Å². The first-order valence-corrected chi connectivity index (χ1v) is 8.73. The first-order valence-electron chi connectivity index (χ1n) is 7.75. The number of carbonyl (C=O) groups is 1. The Balaban J connectivity index is 1.65. The second-order valence-corrected chi connectivity index (χ2v) is 6.70. The van der Waals surface area contributed by atoms with Crippen LogP contribution < -0.4 is 5.32 Å². The monoisotopic (exact) mass is 321 g/mol. The molecule has 116 valence electrons. The van der Waals surface area contributed by atoms with Crippen LogP contribution in [0.2, 0.25) is 0 Å². The first kappa shape index (κ1) is 15.6. The summed E-state index contributed by atoms with van der Waals surface area (Å²) in [6, 6.07) is 22.3. The zero-order valence-electron chi connectivity index (χ0n) is 13.1. The quantitative estimate of drug-likeness (QED) is 0.660. The molecule has 0 saturated carbocycles. The number of hydrogen-bond donors (Lipinski definition) is 1. The molecule has 3 rings (SSSR count). The van der Waals surface area contributed by atoms with E-state index in [4.69, 9.17) is 0 Å². The van der Waals surface area contributed by atoms with Crippen LogP contribution in [0.25, 0.3) is 10.8 Å². The number of anilines is 1. The van der Waals surface area contributed by atoms with Crippen molar-refractivity contribution < 1.29 is 4.79 Å². The van der Waals surface area contributed by atoms with E-state index in [-0.39, 0.29) is 5.91 Å². The summed E-state index contributed by atoms with van der Waals surface area (Å²) in [5, 5.41) is 5.32. The molecule has 0 aliphatic heterocycles. The van der Waals surface area contributed by atoms with Crippen LogP contribution in [0.1, 0.15) is 12.5 Å². The summed E-state index contributed by atoms with van der Waals surface area (Å²) in [5.74, 6) is 1.06. The van der Waals surface area contributed by atoms with E-state index in [1.807, 2.05) is 42.5 Å². The molecule has 3 aromatic carbocycles. The maximum absolute atomic E-state index is 12.2. The minimum atomic E-state index is 0.0103. The number of nitrogens with one attached hydrogen (secondary N) is 1. The largest absolute Gasteiger partial charge is 0.326 e. The van der Waals surface area contributed by atoms with Crippen molar-refractivity contribution in [3.63, 3.8) is 0 Å². The molecule has 1 amide bonds. The van der Waals surface area contributed by atoms with Crippen molar-refractivity contribution in [2.75, 3.05) is 11.1 Å². The van der Waals surface area contributed by atoms with Crippen molar-refractivity contribution in [3.8, 4) is 0 Å². The lowest BCUT2D eigenvalue weighted by Crippen LogP contribution is -2.14. The van der Waals surface area contributed by atoms with Gasteiger partial charge >= 0.3 is 0 Å². The van der Waals surface area contributed by atoms with E-state index in [1.54, 1.807) is 11.8 Å². The molecule has 0 heterocycles. The van der Waals surface area contributed by atoms with Gasteiger partial charge in [0.25, 0.3) is 0 Å². The molecule has 0 atom stereocenters. The van der Waals surface area contributed by atoms with Gasteiger partial charge in [-0.1, -0.05) is 49.4 Å². The van der Waals surface area contributed by atoms with Crippen LogP contribution in [0.15, 0.2) is 71.6 Å². The van der Waals surface area contributed by atoms with Crippen molar-refractivity contribution in [3.05, 3.63) is 72.3 Å². The van der Waals surface area contributed by atoms with Crippen molar-refractivity contribution in [1.29, 1.82) is 0 Å². The highest BCUT2D eigenvalue weighted by Crippen LogP contribution is 2.20. The van der Waals surface area contributed by atoms with Crippen molar-refractivity contribution in [2.24, 2.45) is 0 Å². The van der Waals surface area contributed by atoms with E-state index in [9.17, 15) is 4.79 Å². The molecule has 0 aliphatic carbocycles.